The molecule has 1 amide bonds. The van der Waals surface area contributed by atoms with Crippen LogP contribution >= 0.6 is 0 Å². The Kier molecular flexibility index (Phi) is 3.50. The number of amides is 1. The third-order valence-corrected chi connectivity index (χ3v) is 2.98. The molecule has 102 valence electrons. The zero-order valence-corrected chi connectivity index (χ0v) is 10.8. The average molecular weight is 270 g/mol. The van der Waals surface area contributed by atoms with Gasteiger partial charge in [-0.25, -0.2) is 0 Å². The maximum atomic E-state index is 12.1. The smallest absolute Gasteiger partial charge is 0.251 e. The minimum atomic E-state index is -0.147. The molecule has 1 N–H and O–H groups in total. The Morgan fingerprint density at radius 1 is 1.20 bits per heavy atom. The van der Waals surface area contributed by atoms with Gasteiger partial charge in [0.05, 0.1) is 0 Å². The van der Waals surface area contributed by atoms with E-state index in [1.54, 1.807) is 30.6 Å². The third-order valence-electron chi connectivity index (χ3n) is 2.98. The molecule has 20 heavy (non-hydrogen) atoms. The van der Waals surface area contributed by atoms with Gasteiger partial charge in [-0.05, 0) is 29.8 Å². The lowest BCUT2D eigenvalue weighted by atomic mass is 10.1. The number of rotatable bonds is 3. The topological polar surface area (TPSA) is 60.5 Å². The highest BCUT2D eigenvalue weighted by Crippen LogP contribution is 2.30. The van der Waals surface area contributed by atoms with Crippen LogP contribution in [0.25, 0.3) is 0 Å². The summed E-state index contributed by atoms with van der Waals surface area (Å²) in [6.45, 7) is 1.49. The van der Waals surface area contributed by atoms with Crippen LogP contribution < -0.4 is 14.8 Å². The normalized spacial score (nSPS) is 12.8. The standard InChI is InChI=1S/C15H14N2O3/c18-15(17-10-11-2-1-5-16-9-11)12-3-4-13-14(8-12)20-7-6-19-13/h1-5,8-9H,6-7,10H2,(H,17,18). The monoisotopic (exact) mass is 270 g/mol. The zero-order chi connectivity index (χ0) is 13.8. The van der Waals surface area contributed by atoms with E-state index in [9.17, 15) is 4.79 Å². The van der Waals surface area contributed by atoms with E-state index >= 15 is 0 Å². The molecule has 0 bridgehead atoms. The van der Waals surface area contributed by atoms with Gasteiger partial charge in [-0.1, -0.05) is 6.07 Å². The molecule has 0 fully saturated rings. The highest BCUT2D eigenvalue weighted by molar-refractivity contribution is 5.94. The number of pyridine rings is 1. The molecule has 2 heterocycles. The molecule has 5 nitrogen and oxygen atoms in total. The van der Waals surface area contributed by atoms with Crippen LogP contribution in [0, 0.1) is 0 Å². The molecular weight excluding hydrogens is 256 g/mol. The van der Waals surface area contributed by atoms with Crippen LogP contribution in [0.15, 0.2) is 42.7 Å². The minimum Gasteiger partial charge on any atom is -0.486 e. The number of aromatic nitrogens is 1. The first-order valence-corrected chi connectivity index (χ1v) is 6.40. The van der Waals surface area contributed by atoms with E-state index in [1.165, 1.54) is 0 Å². The average Bonchev–Trinajstić information content (AvgIpc) is 2.53. The lowest BCUT2D eigenvalue weighted by Crippen LogP contribution is -2.23. The largest absolute Gasteiger partial charge is 0.486 e. The number of fused-ring (bicyclic) bond motifs is 1. The van der Waals surface area contributed by atoms with Crippen molar-refractivity contribution in [1.82, 2.24) is 10.3 Å². The van der Waals surface area contributed by atoms with Gasteiger partial charge in [0.25, 0.3) is 5.91 Å². The van der Waals surface area contributed by atoms with Crippen molar-refractivity contribution in [3.63, 3.8) is 0 Å². The number of hydrogen-bond acceptors (Lipinski definition) is 4. The quantitative estimate of drug-likeness (QED) is 0.923. The Morgan fingerprint density at radius 2 is 2.05 bits per heavy atom. The lowest BCUT2D eigenvalue weighted by molar-refractivity contribution is 0.0949. The second kappa shape index (κ2) is 5.61. The van der Waals surface area contributed by atoms with E-state index in [2.05, 4.69) is 10.3 Å². The van der Waals surface area contributed by atoms with Gasteiger partial charge in [0.1, 0.15) is 13.2 Å². The predicted octanol–water partition coefficient (Wildman–Crippen LogP) is 1.78. The maximum Gasteiger partial charge on any atom is 0.251 e. The van der Waals surface area contributed by atoms with Gasteiger partial charge in [-0.2, -0.15) is 0 Å². The molecule has 2 aromatic rings. The Labute approximate surface area is 116 Å². The maximum absolute atomic E-state index is 12.1. The first-order valence-electron chi connectivity index (χ1n) is 6.40. The first kappa shape index (κ1) is 12.5. The van der Waals surface area contributed by atoms with E-state index < -0.39 is 0 Å². The Bertz CT molecular complexity index is 614. The van der Waals surface area contributed by atoms with E-state index in [0.717, 1.165) is 5.56 Å². The summed E-state index contributed by atoms with van der Waals surface area (Å²) < 4.78 is 10.9. The number of carbonyl (C=O) groups excluding carboxylic acids is 1. The fourth-order valence-electron chi connectivity index (χ4n) is 1.97. The van der Waals surface area contributed by atoms with E-state index in [-0.39, 0.29) is 5.91 Å². The molecule has 1 aliphatic rings. The summed E-state index contributed by atoms with van der Waals surface area (Å²) in [6.07, 6.45) is 3.43. The Morgan fingerprint density at radius 3 is 2.85 bits per heavy atom. The van der Waals surface area contributed by atoms with Crippen molar-refractivity contribution in [2.75, 3.05) is 13.2 Å². The fraction of sp³-hybridized carbons (Fsp3) is 0.200. The highest BCUT2D eigenvalue weighted by atomic mass is 16.6. The molecule has 0 spiro atoms. The van der Waals surface area contributed by atoms with E-state index in [1.807, 2.05) is 12.1 Å². The first-order chi connectivity index (χ1) is 9.83. The van der Waals surface area contributed by atoms with Crippen LogP contribution in [-0.2, 0) is 6.54 Å². The molecule has 1 aromatic carbocycles. The fourth-order valence-corrected chi connectivity index (χ4v) is 1.97. The molecular formula is C15H14N2O3. The van der Waals surface area contributed by atoms with Gasteiger partial charge >= 0.3 is 0 Å². The van der Waals surface area contributed by atoms with Crippen molar-refractivity contribution in [2.24, 2.45) is 0 Å². The van der Waals surface area contributed by atoms with Gasteiger partial charge in [-0.15, -0.1) is 0 Å². The van der Waals surface area contributed by atoms with Crippen LogP contribution in [0.1, 0.15) is 15.9 Å². The van der Waals surface area contributed by atoms with Crippen LogP contribution in [-0.4, -0.2) is 24.1 Å². The lowest BCUT2D eigenvalue weighted by Gasteiger charge is -2.18. The molecule has 1 aromatic heterocycles. The summed E-state index contributed by atoms with van der Waals surface area (Å²) in [5.41, 5.74) is 1.51. The predicted molar refractivity (Wildman–Crippen MR) is 72.8 cm³/mol. The van der Waals surface area contributed by atoms with E-state index in [4.69, 9.17) is 9.47 Å². The van der Waals surface area contributed by atoms with Gasteiger partial charge in [0.2, 0.25) is 0 Å². The molecule has 0 aliphatic carbocycles. The van der Waals surface area contributed by atoms with Crippen molar-refractivity contribution < 1.29 is 14.3 Å². The Balaban J connectivity index is 1.68. The van der Waals surface area contributed by atoms with Gasteiger partial charge in [0.15, 0.2) is 11.5 Å². The third kappa shape index (κ3) is 2.71. The molecule has 5 heteroatoms. The molecule has 0 unspecified atom stereocenters. The second-order valence-corrected chi connectivity index (χ2v) is 4.40. The molecule has 3 rings (SSSR count). The summed E-state index contributed by atoms with van der Waals surface area (Å²) in [5, 5.41) is 2.85. The molecule has 0 saturated carbocycles. The molecule has 0 saturated heterocycles. The number of nitrogens with zero attached hydrogens (tertiary/aromatic N) is 1. The van der Waals surface area contributed by atoms with Crippen molar-refractivity contribution in [2.45, 2.75) is 6.54 Å². The minimum absolute atomic E-state index is 0.147. The summed E-state index contributed by atoms with van der Waals surface area (Å²) in [5.74, 6) is 1.15. The van der Waals surface area contributed by atoms with Crippen LogP contribution in [0.2, 0.25) is 0 Å². The summed E-state index contributed by atoms with van der Waals surface area (Å²) >= 11 is 0. The highest BCUT2D eigenvalue weighted by Gasteiger charge is 2.14. The van der Waals surface area contributed by atoms with Crippen molar-refractivity contribution in [3.05, 3.63) is 53.9 Å². The van der Waals surface area contributed by atoms with Gasteiger partial charge < -0.3 is 14.8 Å². The van der Waals surface area contributed by atoms with Gasteiger partial charge in [-0.3, -0.25) is 9.78 Å². The number of hydrogen-bond donors (Lipinski definition) is 1. The molecule has 0 radical (unpaired) electrons. The van der Waals surface area contributed by atoms with E-state index in [0.29, 0.717) is 36.8 Å². The molecule has 1 aliphatic heterocycles. The van der Waals surface area contributed by atoms with Crippen LogP contribution in [0.4, 0.5) is 0 Å². The van der Waals surface area contributed by atoms with Crippen molar-refractivity contribution in [3.8, 4) is 11.5 Å². The second-order valence-electron chi connectivity index (χ2n) is 4.40. The summed E-state index contributed by atoms with van der Waals surface area (Å²) in [6, 6.07) is 8.94. The Hall–Kier alpha value is -2.56. The van der Waals surface area contributed by atoms with Gasteiger partial charge in [0, 0.05) is 24.5 Å². The number of carbonyl (C=O) groups is 1. The van der Waals surface area contributed by atoms with Crippen molar-refractivity contribution in [1.29, 1.82) is 0 Å². The van der Waals surface area contributed by atoms with Crippen molar-refractivity contribution >= 4 is 5.91 Å². The number of nitrogens with one attached hydrogen (secondary N) is 1. The summed E-state index contributed by atoms with van der Waals surface area (Å²) in [7, 11) is 0. The van der Waals surface area contributed by atoms with Crippen LogP contribution in [0.3, 0.4) is 0 Å². The summed E-state index contributed by atoms with van der Waals surface area (Å²) in [4.78, 5) is 16.1. The number of benzene rings is 1. The van der Waals surface area contributed by atoms with Crippen LogP contribution in [0.5, 0.6) is 11.5 Å². The zero-order valence-electron chi connectivity index (χ0n) is 10.8. The SMILES string of the molecule is O=C(NCc1cccnc1)c1ccc2c(c1)OCCO2. The number of ether oxygens (including phenoxy) is 2. The molecule has 0 atom stereocenters.